The molecule has 366 valence electrons. The Labute approximate surface area is 373 Å². The van der Waals surface area contributed by atoms with Crippen LogP contribution in [0.25, 0.3) is 0 Å². The molecule has 15 nitrogen and oxygen atoms in total. The van der Waals surface area contributed by atoms with Crippen molar-refractivity contribution in [1.29, 1.82) is 0 Å². The molecule has 0 rings (SSSR count). The second-order valence-corrected chi connectivity index (χ2v) is 19.0. The van der Waals surface area contributed by atoms with Crippen LogP contribution >= 0.6 is 15.6 Å². The summed E-state index contributed by atoms with van der Waals surface area (Å²) in [6.07, 6.45) is 34.5. The van der Waals surface area contributed by atoms with E-state index < -0.39 is 85.5 Å². The van der Waals surface area contributed by atoms with E-state index in [4.69, 9.17) is 9.47 Å². The molecular weight excluding hydrogens is 842 g/mol. The number of ether oxygens (including phenoxy) is 2. The van der Waals surface area contributed by atoms with Gasteiger partial charge in [-0.05, 0) is 64.2 Å². The van der Waals surface area contributed by atoms with Crippen LogP contribution in [-0.2, 0) is 46.3 Å². The van der Waals surface area contributed by atoms with Crippen molar-refractivity contribution in [2.24, 2.45) is 0 Å². The number of carbonyl (C=O) groups excluding carboxylic acids is 2. The summed E-state index contributed by atoms with van der Waals surface area (Å²) < 4.78 is 52.9. The topological polar surface area (TPSA) is 225 Å². The van der Waals surface area contributed by atoms with Crippen LogP contribution in [0, 0.1) is 0 Å². The van der Waals surface area contributed by atoms with Gasteiger partial charge in [0, 0.05) is 12.8 Å². The molecule has 4 atom stereocenters. The number of aliphatic hydroxyl groups is 3. The summed E-state index contributed by atoms with van der Waals surface area (Å²) in [5.41, 5.74) is 0. The number of hydrogen-bond acceptors (Lipinski definition) is 13. The lowest BCUT2D eigenvalue weighted by Gasteiger charge is -2.19. The van der Waals surface area contributed by atoms with Crippen molar-refractivity contribution in [2.45, 2.75) is 212 Å². The van der Waals surface area contributed by atoms with Crippen molar-refractivity contribution in [3.8, 4) is 0 Å². The Hall–Kier alpha value is -1.48. The number of rotatable bonds is 46. The molecule has 0 fully saturated rings. The summed E-state index contributed by atoms with van der Waals surface area (Å²) in [5, 5.41) is 30.0. The Morgan fingerprint density at radius 2 is 0.645 bits per heavy atom. The zero-order valence-corrected chi connectivity index (χ0v) is 40.1. The quantitative estimate of drug-likeness (QED) is 0.0166. The molecule has 0 bridgehead atoms. The summed E-state index contributed by atoms with van der Waals surface area (Å²) in [4.78, 5) is 43.7. The SMILES string of the molecule is CCCCCCCC/C=C\CCCCCCCC(=O)OC[C@@H](O)COP(=O)(O)OCC(O)COP(=O)(O)OC[C@H](O)COC(=O)CCCCCCC/C=C\CCCCCCCC. The van der Waals surface area contributed by atoms with Gasteiger partial charge in [0.1, 0.15) is 31.5 Å². The fourth-order valence-corrected chi connectivity index (χ4v) is 7.73. The molecule has 0 spiro atoms. The lowest BCUT2D eigenvalue weighted by molar-refractivity contribution is -0.148. The molecular formula is C45H86O15P2. The molecule has 62 heavy (non-hydrogen) atoms. The average Bonchev–Trinajstić information content (AvgIpc) is 3.24. The lowest BCUT2D eigenvalue weighted by atomic mass is 10.1. The van der Waals surface area contributed by atoms with Crippen LogP contribution in [0.3, 0.4) is 0 Å². The average molecular weight is 929 g/mol. The molecule has 2 unspecified atom stereocenters. The maximum atomic E-state index is 12.1. The lowest BCUT2D eigenvalue weighted by Crippen LogP contribution is -2.25. The van der Waals surface area contributed by atoms with Crippen LogP contribution in [-0.4, -0.2) is 95.0 Å². The molecule has 0 heterocycles. The van der Waals surface area contributed by atoms with Gasteiger partial charge in [-0.15, -0.1) is 0 Å². The highest BCUT2D eigenvalue weighted by molar-refractivity contribution is 7.47. The minimum Gasteiger partial charge on any atom is -0.463 e. The molecule has 0 aromatic carbocycles. The third-order valence-electron chi connectivity index (χ3n) is 9.88. The summed E-state index contributed by atoms with van der Waals surface area (Å²) in [5.74, 6) is -1.01. The first-order chi connectivity index (χ1) is 29.8. The summed E-state index contributed by atoms with van der Waals surface area (Å²) >= 11 is 0. The van der Waals surface area contributed by atoms with Crippen LogP contribution in [0.1, 0.15) is 194 Å². The van der Waals surface area contributed by atoms with E-state index in [1.165, 1.54) is 77.0 Å². The Morgan fingerprint density at radius 1 is 0.403 bits per heavy atom. The smallest absolute Gasteiger partial charge is 0.463 e. The minimum atomic E-state index is -4.78. The summed E-state index contributed by atoms with van der Waals surface area (Å²) in [6.45, 7) is 0.401. The number of aliphatic hydroxyl groups excluding tert-OH is 3. The van der Waals surface area contributed by atoms with Gasteiger partial charge in [0.2, 0.25) is 0 Å². The van der Waals surface area contributed by atoms with E-state index in [2.05, 4.69) is 56.2 Å². The van der Waals surface area contributed by atoms with Gasteiger partial charge in [-0.1, -0.05) is 141 Å². The molecule has 0 aliphatic heterocycles. The first-order valence-corrected chi connectivity index (χ1v) is 26.7. The van der Waals surface area contributed by atoms with E-state index in [9.17, 15) is 43.8 Å². The van der Waals surface area contributed by atoms with Gasteiger partial charge in [-0.25, -0.2) is 9.13 Å². The normalized spacial score (nSPS) is 15.4. The van der Waals surface area contributed by atoms with E-state index in [0.29, 0.717) is 12.8 Å². The van der Waals surface area contributed by atoms with Gasteiger partial charge < -0.3 is 34.6 Å². The number of allylic oxidation sites excluding steroid dienone is 4. The zero-order valence-electron chi connectivity index (χ0n) is 38.3. The van der Waals surface area contributed by atoms with Crippen LogP contribution in [0.4, 0.5) is 0 Å². The second-order valence-electron chi connectivity index (χ2n) is 16.1. The van der Waals surface area contributed by atoms with Gasteiger partial charge in [0.15, 0.2) is 0 Å². The number of unbranched alkanes of at least 4 members (excludes halogenated alkanes) is 22. The van der Waals surface area contributed by atoms with Crippen LogP contribution in [0.5, 0.6) is 0 Å². The molecule has 0 aliphatic carbocycles. The maximum Gasteiger partial charge on any atom is 0.472 e. The standard InChI is InChI=1S/C45H86O15P2/c1-3-5-7-9-11-13-15-17-19-21-23-25-27-29-31-33-44(49)55-35-41(46)37-57-61(51,52)59-39-43(48)40-60-62(53,54)58-38-42(47)36-56-45(50)34-32-30-28-26-24-22-20-18-16-14-12-10-8-6-4-2/h17-20,41-43,46-48H,3-16,21-40H2,1-2H3,(H,51,52)(H,53,54)/b19-17-,20-18-/t41-,42-/m1/s1. The van der Waals surface area contributed by atoms with Crippen molar-refractivity contribution >= 4 is 27.6 Å². The predicted octanol–water partition coefficient (Wildman–Crippen LogP) is 10.5. The third kappa shape index (κ3) is 43.8. The number of hydrogen-bond donors (Lipinski definition) is 5. The number of phosphoric ester groups is 2. The van der Waals surface area contributed by atoms with E-state index in [1.54, 1.807) is 0 Å². The Balaban J connectivity index is 3.90. The molecule has 0 aromatic heterocycles. The Morgan fingerprint density at radius 3 is 0.935 bits per heavy atom. The Bertz CT molecular complexity index is 1130. The highest BCUT2D eigenvalue weighted by Gasteiger charge is 2.28. The van der Waals surface area contributed by atoms with Crippen molar-refractivity contribution in [3.63, 3.8) is 0 Å². The van der Waals surface area contributed by atoms with E-state index in [1.807, 2.05) is 0 Å². The van der Waals surface area contributed by atoms with E-state index in [-0.39, 0.29) is 12.8 Å². The third-order valence-corrected chi connectivity index (χ3v) is 11.8. The van der Waals surface area contributed by atoms with Gasteiger partial charge in [-0.3, -0.25) is 27.7 Å². The molecule has 0 saturated heterocycles. The van der Waals surface area contributed by atoms with Crippen LogP contribution in [0.15, 0.2) is 24.3 Å². The Kier molecular flexibility index (Phi) is 41.2. The number of esters is 2. The van der Waals surface area contributed by atoms with E-state index in [0.717, 1.165) is 77.0 Å². The fourth-order valence-electron chi connectivity index (χ4n) is 6.14. The molecule has 0 amide bonds. The maximum absolute atomic E-state index is 12.1. The monoisotopic (exact) mass is 929 g/mol. The van der Waals surface area contributed by atoms with Crippen LogP contribution < -0.4 is 0 Å². The van der Waals surface area contributed by atoms with E-state index >= 15 is 0 Å². The first-order valence-electron chi connectivity index (χ1n) is 23.7. The van der Waals surface area contributed by atoms with Crippen molar-refractivity contribution < 1.29 is 71.4 Å². The first kappa shape index (κ1) is 60.5. The van der Waals surface area contributed by atoms with Crippen molar-refractivity contribution in [1.82, 2.24) is 0 Å². The predicted molar refractivity (Wildman–Crippen MR) is 242 cm³/mol. The minimum absolute atomic E-state index is 0.188. The highest BCUT2D eigenvalue weighted by Crippen LogP contribution is 2.45. The molecule has 0 saturated carbocycles. The van der Waals surface area contributed by atoms with Gasteiger partial charge in [0.25, 0.3) is 0 Å². The molecule has 0 radical (unpaired) electrons. The largest absolute Gasteiger partial charge is 0.472 e. The fraction of sp³-hybridized carbons (Fsp3) is 0.867. The van der Waals surface area contributed by atoms with Gasteiger partial charge >= 0.3 is 27.6 Å². The molecule has 0 aromatic rings. The number of phosphoric acid groups is 2. The van der Waals surface area contributed by atoms with Crippen molar-refractivity contribution in [3.05, 3.63) is 24.3 Å². The molecule has 0 aliphatic rings. The van der Waals surface area contributed by atoms with Crippen LogP contribution in [0.2, 0.25) is 0 Å². The van der Waals surface area contributed by atoms with Gasteiger partial charge in [-0.2, -0.15) is 0 Å². The molecule has 5 N–H and O–H groups in total. The summed E-state index contributed by atoms with van der Waals surface area (Å²) in [6, 6.07) is 0. The zero-order chi connectivity index (χ0) is 46.0. The number of carbonyl (C=O) groups is 2. The van der Waals surface area contributed by atoms with Crippen molar-refractivity contribution in [2.75, 3.05) is 39.6 Å². The summed E-state index contributed by atoms with van der Waals surface area (Å²) in [7, 11) is -9.57. The highest BCUT2D eigenvalue weighted by atomic mass is 31.2. The molecule has 17 heteroatoms. The van der Waals surface area contributed by atoms with Gasteiger partial charge in [0.05, 0.1) is 26.4 Å². The second kappa shape index (κ2) is 42.2.